The van der Waals surface area contributed by atoms with E-state index in [9.17, 15) is 4.79 Å². The maximum atomic E-state index is 12.9. The van der Waals surface area contributed by atoms with Crippen molar-refractivity contribution in [2.45, 2.75) is 26.2 Å². The number of hydrogen-bond donors (Lipinski definition) is 2. The SMILES string of the molecule is COc1cc(NC(=O)c2ccc3[nH]c4c(c3c2)C[C@@H](C)CC4)c(OC)cc1Cl. The maximum absolute atomic E-state index is 12.9. The number of aromatic amines is 1. The van der Waals surface area contributed by atoms with Crippen molar-refractivity contribution in [3.05, 3.63) is 52.2 Å². The number of H-pyrrole nitrogens is 1. The summed E-state index contributed by atoms with van der Waals surface area (Å²) in [6, 6.07) is 9.08. The van der Waals surface area contributed by atoms with Crippen LogP contribution in [0.15, 0.2) is 30.3 Å². The van der Waals surface area contributed by atoms with Crippen LogP contribution in [0.1, 0.15) is 35.0 Å². The highest BCUT2D eigenvalue weighted by Crippen LogP contribution is 2.36. The molecule has 0 fully saturated rings. The second-order valence-corrected chi connectivity index (χ2v) is 7.74. The van der Waals surface area contributed by atoms with Crippen LogP contribution in [0.5, 0.6) is 11.5 Å². The van der Waals surface area contributed by atoms with E-state index in [0.717, 1.165) is 23.7 Å². The minimum atomic E-state index is -0.205. The van der Waals surface area contributed by atoms with E-state index >= 15 is 0 Å². The summed E-state index contributed by atoms with van der Waals surface area (Å²) in [5.74, 6) is 1.41. The molecule has 0 saturated carbocycles. The Labute approximate surface area is 169 Å². The fourth-order valence-electron chi connectivity index (χ4n) is 3.89. The van der Waals surface area contributed by atoms with E-state index in [1.54, 1.807) is 12.1 Å². The zero-order chi connectivity index (χ0) is 19.8. The zero-order valence-corrected chi connectivity index (χ0v) is 16.9. The smallest absolute Gasteiger partial charge is 0.255 e. The highest BCUT2D eigenvalue weighted by Gasteiger charge is 2.21. The summed E-state index contributed by atoms with van der Waals surface area (Å²) in [7, 11) is 3.07. The Morgan fingerprint density at radius 1 is 1.18 bits per heavy atom. The second-order valence-electron chi connectivity index (χ2n) is 7.33. The summed E-state index contributed by atoms with van der Waals surface area (Å²) >= 11 is 6.14. The van der Waals surface area contributed by atoms with Gasteiger partial charge in [-0.3, -0.25) is 4.79 Å². The van der Waals surface area contributed by atoms with Crippen LogP contribution in [0.2, 0.25) is 5.02 Å². The standard InChI is InChI=1S/C22H23ClN2O3/c1-12-4-6-17-14(8-12)15-9-13(5-7-18(15)24-17)22(26)25-19-11-20(27-2)16(23)10-21(19)28-3/h5,7,9-12,24H,4,6,8H2,1-3H3,(H,25,26)/t12-/m0/s1. The lowest BCUT2D eigenvalue weighted by Crippen LogP contribution is -2.13. The molecule has 0 aliphatic heterocycles. The minimum absolute atomic E-state index is 0.205. The number of carbonyl (C=O) groups is 1. The number of hydrogen-bond acceptors (Lipinski definition) is 3. The van der Waals surface area contributed by atoms with E-state index in [1.807, 2.05) is 18.2 Å². The topological polar surface area (TPSA) is 63.3 Å². The third-order valence-corrected chi connectivity index (χ3v) is 5.71. The molecule has 0 radical (unpaired) electrons. The average Bonchev–Trinajstić information content (AvgIpc) is 3.05. The molecule has 3 aromatic rings. The lowest BCUT2D eigenvalue weighted by molar-refractivity contribution is 0.102. The Kier molecular flexibility index (Phi) is 4.94. The molecule has 6 heteroatoms. The Hall–Kier alpha value is -2.66. The van der Waals surface area contributed by atoms with E-state index < -0.39 is 0 Å². The van der Waals surface area contributed by atoms with Gasteiger partial charge >= 0.3 is 0 Å². The predicted molar refractivity (Wildman–Crippen MR) is 112 cm³/mol. The van der Waals surface area contributed by atoms with Crippen LogP contribution in [0, 0.1) is 5.92 Å². The third-order valence-electron chi connectivity index (χ3n) is 5.42. The summed E-state index contributed by atoms with van der Waals surface area (Å²) in [5.41, 5.74) is 4.84. The normalized spacial score (nSPS) is 15.9. The van der Waals surface area contributed by atoms with E-state index in [0.29, 0.717) is 33.7 Å². The van der Waals surface area contributed by atoms with Crippen LogP contribution in [-0.2, 0) is 12.8 Å². The van der Waals surface area contributed by atoms with Gasteiger partial charge in [0.15, 0.2) is 0 Å². The molecule has 0 spiro atoms. The molecule has 2 N–H and O–H groups in total. The largest absolute Gasteiger partial charge is 0.495 e. The van der Waals surface area contributed by atoms with Gasteiger partial charge in [-0.1, -0.05) is 18.5 Å². The first-order chi connectivity index (χ1) is 13.5. The van der Waals surface area contributed by atoms with E-state index in [4.69, 9.17) is 21.1 Å². The van der Waals surface area contributed by atoms with Gasteiger partial charge in [-0.05, 0) is 48.9 Å². The number of carbonyl (C=O) groups excluding carboxylic acids is 1. The summed E-state index contributed by atoms with van der Waals surface area (Å²) in [4.78, 5) is 16.4. The summed E-state index contributed by atoms with van der Waals surface area (Å²) in [5, 5.41) is 4.47. The molecule has 1 aliphatic carbocycles. The Morgan fingerprint density at radius 3 is 2.71 bits per heavy atom. The average molecular weight is 399 g/mol. The number of benzene rings is 2. The number of nitrogens with one attached hydrogen (secondary N) is 2. The molecule has 0 saturated heterocycles. The summed E-state index contributed by atoms with van der Waals surface area (Å²) in [6.07, 6.45) is 3.31. The van der Waals surface area contributed by atoms with Gasteiger partial charge in [-0.2, -0.15) is 0 Å². The number of anilines is 1. The van der Waals surface area contributed by atoms with Crippen molar-refractivity contribution < 1.29 is 14.3 Å². The molecule has 1 aliphatic rings. The van der Waals surface area contributed by atoms with Crippen molar-refractivity contribution in [2.24, 2.45) is 5.92 Å². The van der Waals surface area contributed by atoms with Gasteiger partial charge in [0.1, 0.15) is 11.5 Å². The van der Waals surface area contributed by atoms with Gasteiger partial charge in [0.05, 0.1) is 24.9 Å². The molecule has 146 valence electrons. The van der Waals surface area contributed by atoms with Crippen molar-refractivity contribution in [3.8, 4) is 11.5 Å². The molecular weight excluding hydrogens is 376 g/mol. The van der Waals surface area contributed by atoms with Gasteiger partial charge in [0.2, 0.25) is 0 Å². The van der Waals surface area contributed by atoms with E-state index in [1.165, 1.54) is 31.9 Å². The second kappa shape index (κ2) is 7.40. The van der Waals surface area contributed by atoms with Gasteiger partial charge in [-0.15, -0.1) is 0 Å². The Bertz CT molecular complexity index is 1060. The molecule has 0 unspecified atom stereocenters. The number of amides is 1. The molecular formula is C22H23ClN2O3. The van der Waals surface area contributed by atoms with Gasteiger partial charge < -0.3 is 19.8 Å². The first-order valence-electron chi connectivity index (χ1n) is 9.36. The highest BCUT2D eigenvalue weighted by molar-refractivity contribution is 6.32. The van der Waals surface area contributed by atoms with Crippen LogP contribution in [0.25, 0.3) is 10.9 Å². The molecule has 1 amide bonds. The van der Waals surface area contributed by atoms with Crippen LogP contribution < -0.4 is 14.8 Å². The Balaban J connectivity index is 1.67. The highest BCUT2D eigenvalue weighted by atomic mass is 35.5. The third kappa shape index (κ3) is 3.31. The molecule has 1 aromatic heterocycles. The van der Waals surface area contributed by atoms with Crippen LogP contribution in [-0.4, -0.2) is 25.1 Å². The molecule has 2 aromatic carbocycles. The van der Waals surface area contributed by atoms with Crippen molar-refractivity contribution in [2.75, 3.05) is 19.5 Å². The number of ether oxygens (including phenoxy) is 2. The van der Waals surface area contributed by atoms with Crippen LogP contribution in [0.3, 0.4) is 0 Å². The first-order valence-corrected chi connectivity index (χ1v) is 9.74. The molecule has 28 heavy (non-hydrogen) atoms. The van der Waals surface area contributed by atoms with Gasteiger partial charge in [-0.25, -0.2) is 0 Å². The molecule has 4 rings (SSSR count). The first kappa shape index (κ1) is 18.7. The van der Waals surface area contributed by atoms with Crippen molar-refractivity contribution >= 4 is 34.1 Å². The number of aryl methyl sites for hydroxylation is 1. The quantitative estimate of drug-likeness (QED) is 0.633. The number of fused-ring (bicyclic) bond motifs is 3. The van der Waals surface area contributed by atoms with Crippen LogP contribution >= 0.6 is 11.6 Å². The van der Waals surface area contributed by atoms with E-state index in [-0.39, 0.29) is 5.91 Å². The lowest BCUT2D eigenvalue weighted by atomic mass is 9.87. The summed E-state index contributed by atoms with van der Waals surface area (Å²) in [6.45, 7) is 2.28. The lowest BCUT2D eigenvalue weighted by Gasteiger charge is -2.18. The monoisotopic (exact) mass is 398 g/mol. The van der Waals surface area contributed by atoms with Crippen LogP contribution in [0.4, 0.5) is 5.69 Å². The molecule has 1 atom stereocenters. The van der Waals surface area contributed by atoms with Gasteiger partial charge in [0.25, 0.3) is 5.91 Å². The fourth-order valence-corrected chi connectivity index (χ4v) is 4.12. The summed E-state index contributed by atoms with van der Waals surface area (Å²) < 4.78 is 10.6. The predicted octanol–water partition coefficient (Wildman–Crippen LogP) is 5.22. The molecule has 1 heterocycles. The number of rotatable bonds is 4. The Morgan fingerprint density at radius 2 is 1.96 bits per heavy atom. The number of halogens is 1. The van der Waals surface area contributed by atoms with E-state index in [2.05, 4.69) is 17.2 Å². The minimum Gasteiger partial charge on any atom is -0.495 e. The van der Waals surface area contributed by atoms with Crippen molar-refractivity contribution in [3.63, 3.8) is 0 Å². The number of aromatic nitrogens is 1. The molecule has 0 bridgehead atoms. The van der Waals surface area contributed by atoms with Crippen molar-refractivity contribution in [1.29, 1.82) is 0 Å². The van der Waals surface area contributed by atoms with Gasteiger partial charge in [0, 0.05) is 34.3 Å². The number of methoxy groups -OCH3 is 2. The molecule has 5 nitrogen and oxygen atoms in total. The maximum Gasteiger partial charge on any atom is 0.255 e. The fraction of sp³-hybridized carbons (Fsp3) is 0.318. The zero-order valence-electron chi connectivity index (χ0n) is 16.2. The van der Waals surface area contributed by atoms with Crippen molar-refractivity contribution in [1.82, 2.24) is 4.98 Å².